The van der Waals surface area contributed by atoms with Crippen LogP contribution in [0, 0.1) is 28.6 Å². The Morgan fingerprint density at radius 1 is 1.10 bits per heavy atom. The summed E-state index contributed by atoms with van der Waals surface area (Å²) in [5.74, 6) is 1.81. The SMILES string of the molecule is C[C@@]12CCC[C@H]1[C@@H]1C(=O)C=C3C[C@@H](O)CC[C@]3(C)[C@H]1CC2. The molecule has 21 heavy (non-hydrogen) atoms. The molecule has 0 aromatic rings. The maximum absolute atomic E-state index is 12.9. The van der Waals surface area contributed by atoms with Gasteiger partial charge in [0.2, 0.25) is 0 Å². The van der Waals surface area contributed by atoms with Crippen molar-refractivity contribution in [2.75, 3.05) is 0 Å². The first kappa shape index (κ1) is 14.0. The molecule has 116 valence electrons. The molecule has 0 radical (unpaired) electrons. The minimum Gasteiger partial charge on any atom is -0.393 e. The zero-order valence-electron chi connectivity index (χ0n) is 13.4. The van der Waals surface area contributed by atoms with E-state index in [0.717, 1.165) is 19.3 Å². The largest absolute Gasteiger partial charge is 0.393 e. The highest BCUT2D eigenvalue weighted by molar-refractivity contribution is 5.94. The first-order chi connectivity index (χ1) is 9.94. The van der Waals surface area contributed by atoms with Crippen molar-refractivity contribution in [2.24, 2.45) is 28.6 Å². The molecular weight excluding hydrogens is 260 g/mol. The molecule has 2 heteroatoms. The quantitative estimate of drug-likeness (QED) is 0.734. The van der Waals surface area contributed by atoms with Crippen molar-refractivity contribution in [2.45, 2.75) is 71.3 Å². The van der Waals surface area contributed by atoms with Crippen molar-refractivity contribution in [3.8, 4) is 0 Å². The molecule has 6 atom stereocenters. The van der Waals surface area contributed by atoms with Crippen LogP contribution in [-0.4, -0.2) is 17.0 Å². The number of rotatable bonds is 0. The van der Waals surface area contributed by atoms with E-state index in [1.54, 1.807) is 0 Å². The van der Waals surface area contributed by atoms with Gasteiger partial charge in [0, 0.05) is 5.92 Å². The summed E-state index contributed by atoms with van der Waals surface area (Å²) >= 11 is 0. The number of fused-ring (bicyclic) bond motifs is 5. The summed E-state index contributed by atoms with van der Waals surface area (Å²) in [5, 5.41) is 9.98. The molecule has 0 aromatic carbocycles. The van der Waals surface area contributed by atoms with Crippen LogP contribution in [-0.2, 0) is 4.79 Å². The van der Waals surface area contributed by atoms with Gasteiger partial charge in [-0.1, -0.05) is 25.8 Å². The van der Waals surface area contributed by atoms with Gasteiger partial charge >= 0.3 is 0 Å². The summed E-state index contributed by atoms with van der Waals surface area (Å²) in [6, 6.07) is 0. The molecule has 0 amide bonds. The zero-order chi connectivity index (χ0) is 14.8. The van der Waals surface area contributed by atoms with Crippen molar-refractivity contribution in [1.29, 1.82) is 0 Å². The van der Waals surface area contributed by atoms with Crippen LogP contribution in [0.2, 0.25) is 0 Å². The average molecular weight is 288 g/mol. The lowest BCUT2D eigenvalue weighted by Crippen LogP contribution is -2.52. The Balaban J connectivity index is 1.75. The molecule has 2 nitrogen and oxygen atoms in total. The van der Waals surface area contributed by atoms with Crippen LogP contribution >= 0.6 is 0 Å². The Morgan fingerprint density at radius 2 is 1.90 bits per heavy atom. The van der Waals surface area contributed by atoms with E-state index in [2.05, 4.69) is 13.8 Å². The van der Waals surface area contributed by atoms with E-state index in [0.29, 0.717) is 23.0 Å². The summed E-state index contributed by atoms with van der Waals surface area (Å²) in [7, 11) is 0. The van der Waals surface area contributed by atoms with Gasteiger partial charge < -0.3 is 5.11 Å². The van der Waals surface area contributed by atoms with Crippen molar-refractivity contribution in [3.63, 3.8) is 0 Å². The van der Waals surface area contributed by atoms with E-state index in [4.69, 9.17) is 0 Å². The Kier molecular flexibility index (Phi) is 2.96. The lowest BCUT2D eigenvalue weighted by atomic mass is 9.48. The second-order valence-corrected chi connectivity index (χ2v) is 8.71. The molecule has 4 aliphatic rings. The maximum Gasteiger partial charge on any atom is 0.159 e. The van der Waals surface area contributed by atoms with Gasteiger partial charge in [-0.25, -0.2) is 0 Å². The number of carbonyl (C=O) groups excluding carboxylic acids is 1. The number of aliphatic hydroxyl groups is 1. The fourth-order valence-electron chi connectivity index (χ4n) is 6.37. The van der Waals surface area contributed by atoms with Gasteiger partial charge in [0.15, 0.2) is 5.78 Å². The Labute approximate surface area is 128 Å². The first-order valence-electron chi connectivity index (χ1n) is 8.87. The van der Waals surface area contributed by atoms with Crippen LogP contribution in [0.25, 0.3) is 0 Å². The van der Waals surface area contributed by atoms with Gasteiger partial charge in [-0.15, -0.1) is 0 Å². The molecule has 1 N–H and O–H groups in total. The molecule has 0 aromatic heterocycles. The van der Waals surface area contributed by atoms with Crippen molar-refractivity contribution >= 4 is 5.78 Å². The highest BCUT2D eigenvalue weighted by Gasteiger charge is 2.58. The minimum atomic E-state index is -0.228. The summed E-state index contributed by atoms with van der Waals surface area (Å²) in [6.45, 7) is 4.81. The Hall–Kier alpha value is -0.630. The highest BCUT2D eigenvalue weighted by Crippen LogP contribution is 2.63. The van der Waals surface area contributed by atoms with E-state index >= 15 is 0 Å². The van der Waals surface area contributed by atoms with Crippen LogP contribution in [0.3, 0.4) is 0 Å². The summed E-state index contributed by atoms with van der Waals surface area (Å²) < 4.78 is 0. The standard InChI is InChI=1S/C19H28O2/c1-18-7-3-4-14(18)17-15(6-8-18)19(2)9-5-13(20)10-12(19)11-16(17)21/h11,13-15,17,20H,3-10H2,1-2H3/t13-,14-,15-,17-,18-,19-/m0/s1. The van der Waals surface area contributed by atoms with Crippen LogP contribution in [0.5, 0.6) is 0 Å². The molecule has 0 aliphatic heterocycles. The molecule has 0 bridgehead atoms. The molecule has 0 saturated heterocycles. The van der Waals surface area contributed by atoms with Crippen LogP contribution in [0.1, 0.15) is 65.2 Å². The van der Waals surface area contributed by atoms with E-state index < -0.39 is 0 Å². The predicted octanol–water partition coefficient (Wildman–Crippen LogP) is 3.88. The van der Waals surface area contributed by atoms with E-state index in [1.807, 2.05) is 6.08 Å². The number of allylic oxidation sites excluding steroid dienone is 1. The summed E-state index contributed by atoms with van der Waals surface area (Å²) in [5.41, 5.74) is 1.86. The lowest BCUT2D eigenvalue weighted by molar-refractivity contribution is -0.133. The number of ketones is 1. The number of hydrogen-bond acceptors (Lipinski definition) is 2. The van der Waals surface area contributed by atoms with Crippen molar-refractivity contribution in [3.05, 3.63) is 11.6 Å². The van der Waals surface area contributed by atoms with E-state index in [1.165, 1.54) is 37.7 Å². The first-order valence-corrected chi connectivity index (χ1v) is 8.87. The van der Waals surface area contributed by atoms with Crippen LogP contribution in [0.15, 0.2) is 11.6 Å². The Bertz CT molecular complexity index is 508. The average Bonchev–Trinajstić information content (AvgIpc) is 2.82. The van der Waals surface area contributed by atoms with E-state index in [-0.39, 0.29) is 17.4 Å². The molecule has 0 heterocycles. The third kappa shape index (κ3) is 1.84. The van der Waals surface area contributed by atoms with E-state index in [9.17, 15) is 9.90 Å². The predicted molar refractivity (Wildman–Crippen MR) is 82.7 cm³/mol. The normalized spacial score (nSPS) is 52.7. The smallest absolute Gasteiger partial charge is 0.159 e. The third-order valence-electron chi connectivity index (χ3n) is 7.70. The number of aliphatic hydroxyl groups excluding tert-OH is 1. The minimum absolute atomic E-state index is 0.182. The molecule has 3 saturated carbocycles. The Morgan fingerprint density at radius 3 is 2.71 bits per heavy atom. The zero-order valence-corrected chi connectivity index (χ0v) is 13.4. The van der Waals surface area contributed by atoms with Gasteiger partial charge in [0.1, 0.15) is 0 Å². The molecule has 4 rings (SSSR count). The topological polar surface area (TPSA) is 37.3 Å². The molecule has 0 spiro atoms. The number of hydrogen-bond donors (Lipinski definition) is 1. The lowest BCUT2D eigenvalue weighted by Gasteiger charge is -2.56. The maximum atomic E-state index is 12.9. The molecule has 3 fully saturated rings. The molecule has 4 aliphatic carbocycles. The third-order valence-corrected chi connectivity index (χ3v) is 7.70. The summed E-state index contributed by atoms with van der Waals surface area (Å²) in [4.78, 5) is 12.9. The van der Waals surface area contributed by atoms with Gasteiger partial charge in [0.25, 0.3) is 0 Å². The second kappa shape index (κ2) is 4.44. The van der Waals surface area contributed by atoms with Gasteiger partial charge in [-0.05, 0) is 73.7 Å². The fraction of sp³-hybridized carbons (Fsp3) is 0.842. The van der Waals surface area contributed by atoms with Gasteiger partial charge in [-0.2, -0.15) is 0 Å². The number of carbonyl (C=O) groups is 1. The fourth-order valence-corrected chi connectivity index (χ4v) is 6.37. The molecular formula is C19H28O2. The van der Waals surface area contributed by atoms with Gasteiger partial charge in [-0.3, -0.25) is 4.79 Å². The van der Waals surface area contributed by atoms with Crippen molar-refractivity contribution < 1.29 is 9.90 Å². The highest BCUT2D eigenvalue weighted by atomic mass is 16.3. The van der Waals surface area contributed by atoms with Crippen LogP contribution < -0.4 is 0 Å². The van der Waals surface area contributed by atoms with Gasteiger partial charge in [0.05, 0.1) is 6.10 Å². The van der Waals surface area contributed by atoms with Crippen LogP contribution in [0.4, 0.5) is 0 Å². The second-order valence-electron chi connectivity index (χ2n) is 8.71. The summed E-state index contributed by atoms with van der Waals surface area (Å²) in [6.07, 6.45) is 10.8. The molecule has 0 unspecified atom stereocenters. The monoisotopic (exact) mass is 288 g/mol. The van der Waals surface area contributed by atoms with Crippen molar-refractivity contribution in [1.82, 2.24) is 0 Å².